The Balaban J connectivity index is 2.09. The molecular weight excluding hydrogens is 206 g/mol. The minimum absolute atomic E-state index is 0.0371. The smallest absolute Gasteiger partial charge is 0.253 e. The summed E-state index contributed by atoms with van der Waals surface area (Å²) in [5.41, 5.74) is 0.798. The van der Waals surface area contributed by atoms with E-state index in [1.54, 1.807) is 4.90 Å². The minimum atomic E-state index is 0.0371. The lowest BCUT2D eigenvalue weighted by Gasteiger charge is -2.26. The van der Waals surface area contributed by atoms with E-state index < -0.39 is 0 Å². The number of nitrogens with zero attached hydrogens (tertiary/aromatic N) is 1. The van der Waals surface area contributed by atoms with E-state index in [1.807, 2.05) is 6.92 Å². The number of carbonyl (C=O) groups is 1. The zero-order valence-corrected chi connectivity index (χ0v) is 9.74. The van der Waals surface area contributed by atoms with E-state index in [-0.39, 0.29) is 12.5 Å². The summed E-state index contributed by atoms with van der Waals surface area (Å²) in [4.78, 5) is 14.1. The topological polar surface area (TPSA) is 49.8 Å². The summed E-state index contributed by atoms with van der Waals surface area (Å²) in [5.74, 6) is 0.827. The third kappa shape index (κ3) is 2.38. The fourth-order valence-corrected chi connectivity index (χ4v) is 2.11. The van der Waals surface area contributed by atoms with Crippen LogP contribution in [0.4, 0.5) is 0 Å². The van der Waals surface area contributed by atoms with E-state index in [0.717, 1.165) is 37.0 Å². The molecular formula is C12H19NO3. The fourth-order valence-electron chi connectivity index (χ4n) is 2.11. The monoisotopic (exact) mass is 225 g/mol. The van der Waals surface area contributed by atoms with Gasteiger partial charge in [0.05, 0.1) is 18.8 Å². The van der Waals surface area contributed by atoms with E-state index in [9.17, 15) is 4.79 Å². The van der Waals surface area contributed by atoms with Crippen LogP contribution in [0.3, 0.4) is 0 Å². The molecule has 1 fully saturated rings. The molecule has 2 rings (SSSR count). The second-order valence-electron chi connectivity index (χ2n) is 4.44. The molecule has 0 radical (unpaired) electrons. The highest BCUT2D eigenvalue weighted by Gasteiger charge is 2.34. The summed E-state index contributed by atoms with van der Waals surface area (Å²) in [5, 5.41) is 8.99. The van der Waals surface area contributed by atoms with E-state index in [0.29, 0.717) is 19.2 Å². The van der Waals surface area contributed by atoms with Crippen LogP contribution >= 0.6 is 0 Å². The number of aliphatic hydroxyl groups is 1. The van der Waals surface area contributed by atoms with Gasteiger partial charge in [-0.05, 0) is 32.6 Å². The first-order chi connectivity index (χ1) is 7.74. The Morgan fingerprint density at radius 1 is 1.56 bits per heavy atom. The maximum absolute atomic E-state index is 12.3. The SMILES string of the molecule is CC1=C(C(=O)N(CCO)C2CC2)CCCO1. The molecule has 0 saturated heterocycles. The molecule has 0 aromatic carbocycles. The predicted molar refractivity (Wildman–Crippen MR) is 59.7 cm³/mol. The number of rotatable bonds is 4. The fraction of sp³-hybridized carbons (Fsp3) is 0.750. The van der Waals surface area contributed by atoms with Crippen LogP contribution in [-0.2, 0) is 9.53 Å². The van der Waals surface area contributed by atoms with Crippen molar-refractivity contribution in [1.29, 1.82) is 0 Å². The molecule has 0 aromatic rings. The molecule has 1 saturated carbocycles. The average Bonchev–Trinajstić information content (AvgIpc) is 3.09. The van der Waals surface area contributed by atoms with Gasteiger partial charge in [-0.25, -0.2) is 0 Å². The van der Waals surface area contributed by atoms with E-state index in [1.165, 1.54) is 0 Å². The number of hydrogen-bond donors (Lipinski definition) is 1. The molecule has 1 heterocycles. The molecule has 4 nitrogen and oxygen atoms in total. The average molecular weight is 225 g/mol. The molecule has 2 aliphatic rings. The largest absolute Gasteiger partial charge is 0.498 e. The number of aliphatic hydroxyl groups excluding tert-OH is 1. The van der Waals surface area contributed by atoms with Gasteiger partial charge in [-0.2, -0.15) is 0 Å². The number of carbonyl (C=O) groups excluding carboxylic acids is 1. The lowest BCUT2D eigenvalue weighted by atomic mass is 10.1. The number of ether oxygens (including phenoxy) is 1. The van der Waals surface area contributed by atoms with Crippen molar-refractivity contribution in [3.05, 3.63) is 11.3 Å². The molecule has 1 amide bonds. The van der Waals surface area contributed by atoms with Gasteiger partial charge in [0.15, 0.2) is 0 Å². The van der Waals surface area contributed by atoms with Gasteiger partial charge >= 0.3 is 0 Å². The second kappa shape index (κ2) is 4.87. The van der Waals surface area contributed by atoms with Gasteiger partial charge in [0.25, 0.3) is 5.91 Å². The van der Waals surface area contributed by atoms with Crippen molar-refractivity contribution in [3.8, 4) is 0 Å². The highest BCUT2D eigenvalue weighted by molar-refractivity contribution is 5.94. The van der Waals surface area contributed by atoms with Gasteiger partial charge in [0, 0.05) is 12.6 Å². The van der Waals surface area contributed by atoms with Gasteiger partial charge in [-0.3, -0.25) is 4.79 Å². The van der Waals surface area contributed by atoms with Gasteiger partial charge in [0.1, 0.15) is 5.76 Å². The Morgan fingerprint density at radius 3 is 2.88 bits per heavy atom. The lowest BCUT2D eigenvalue weighted by Crippen LogP contribution is -2.37. The van der Waals surface area contributed by atoms with Crippen molar-refractivity contribution in [2.24, 2.45) is 0 Å². The summed E-state index contributed by atoms with van der Waals surface area (Å²) in [6.45, 7) is 3.05. The van der Waals surface area contributed by atoms with Crippen molar-refractivity contribution >= 4 is 5.91 Å². The van der Waals surface area contributed by atoms with Crippen molar-refractivity contribution in [3.63, 3.8) is 0 Å². The Bertz CT molecular complexity index is 307. The molecule has 1 N–H and O–H groups in total. The highest BCUT2D eigenvalue weighted by atomic mass is 16.5. The van der Waals surface area contributed by atoms with Crippen LogP contribution < -0.4 is 0 Å². The van der Waals surface area contributed by atoms with Gasteiger partial charge in [-0.1, -0.05) is 0 Å². The van der Waals surface area contributed by atoms with Crippen LogP contribution in [-0.4, -0.2) is 41.7 Å². The zero-order valence-electron chi connectivity index (χ0n) is 9.74. The predicted octanol–water partition coefficient (Wildman–Crippen LogP) is 1.05. The van der Waals surface area contributed by atoms with Gasteiger partial charge < -0.3 is 14.7 Å². The number of allylic oxidation sites excluding steroid dienone is 1. The standard InChI is InChI=1S/C12H19NO3/c1-9-11(3-2-8-16-9)12(15)13(6-7-14)10-4-5-10/h10,14H,2-8H2,1H3. The molecule has 1 aliphatic carbocycles. The van der Waals surface area contributed by atoms with Gasteiger partial charge in [0.2, 0.25) is 0 Å². The molecule has 1 aliphatic heterocycles. The van der Waals surface area contributed by atoms with Crippen LogP contribution in [0.2, 0.25) is 0 Å². The summed E-state index contributed by atoms with van der Waals surface area (Å²) in [6.07, 6.45) is 3.85. The molecule has 4 heteroatoms. The van der Waals surface area contributed by atoms with Crippen LogP contribution in [0.15, 0.2) is 11.3 Å². The Hall–Kier alpha value is -1.03. The van der Waals surface area contributed by atoms with Crippen molar-refractivity contribution in [2.45, 2.75) is 38.6 Å². The van der Waals surface area contributed by atoms with Crippen LogP contribution in [0.25, 0.3) is 0 Å². The second-order valence-corrected chi connectivity index (χ2v) is 4.44. The molecule has 0 unspecified atom stereocenters. The third-order valence-electron chi connectivity index (χ3n) is 3.16. The third-order valence-corrected chi connectivity index (χ3v) is 3.16. The minimum Gasteiger partial charge on any atom is -0.498 e. The zero-order chi connectivity index (χ0) is 11.5. The molecule has 0 spiro atoms. The maximum Gasteiger partial charge on any atom is 0.253 e. The van der Waals surface area contributed by atoms with Gasteiger partial charge in [-0.15, -0.1) is 0 Å². The maximum atomic E-state index is 12.3. The summed E-state index contributed by atoms with van der Waals surface area (Å²) in [7, 11) is 0. The first-order valence-corrected chi connectivity index (χ1v) is 5.98. The number of amides is 1. The van der Waals surface area contributed by atoms with E-state index in [2.05, 4.69) is 0 Å². The Labute approximate surface area is 95.9 Å². The Morgan fingerprint density at radius 2 is 2.31 bits per heavy atom. The first-order valence-electron chi connectivity index (χ1n) is 5.98. The van der Waals surface area contributed by atoms with Crippen LogP contribution in [0.1, 0.15) is 32.6 Å². The van der Waals surface area contributed by atoms with E-state index in [4.69, 9.17) is 9.84 Å². The molecule has 0 bridgehead atoms. The first kappa shape index (κ1) is 11.5. The molecule has 90 valence electrons. The van der Waals surface area contributed by atoms with E-state index >= 15 is 0 Å². The lowest BCUT2D eigenvalue weighted by molar-refractivity contribution is -0.128. The summed E-state index contributed by atoms with van der Waals surface area (Å²) >= 11 is 0. The quantitative estimate of drug-likeness (QED) is 0.778. The van der Waals surface area contributed by atoms with Crippen molar-refractivity contribution < 1.29 is 14.6 Å². The summed E-state index contributed by atoms with van der Waals surface area (Å²) < 4.78 is 5.41. The van der Waals surface area contributed by atoms with Crippen molar-refractivity contribution in [1.82, 2.24) is 4.90 Å². The van der Waals surface area contributed by atoms with Crippen LogP contribution in [0, 0.1) is 0 Å². The molecule has 16 heavy (non-hydrogen) atoms. The van der Waals surface area contributed by atoms with Crippen molar-refractivity contribution in [2.75, 3.05) is 19.8 Å². The molecule has 0 aromatic heterocycles. The highest BCUT2D eigenvalue weighted by Crippen LogP contribution is 2.30. The summed E-state index contributed by atoms with van der Waals surface area (Å²) in [6, 6.07) is 0.349. The Kier molecular flexibility index (Phi) is 3.49. The normalized spacial score (nSPS) is 20.6. The number of hydrogen-bond acceptors (Lipinski definition) is 3. The van der Waals surface area contributed by atoms with Crippen LogP contribution in [0.5, 0.6) is 0 Å². The molecule has 0 atom stereocenters.